The number of anilines is 1. The van der Waals surface area contributed by atoms with Crippen LogP contribution in [0.1, 0.15) is 0 Å². The fraction of sp³-hybridized carbons (Fsp3) is 0.0588. The summed E-state index contributed by atoms with van der Waals surface area (Å²) in [4.78, 5) is 11.3. The van der Waals surface area contributed by atoms with E-state index in [0.29, 0.717) is 16.0 Å². The van der Waals surface area contributed by atoms with Crippen molar-refractivity contribution in [3.05, 3.63) is 63.1 Å². The molecule has 3 rings (SSSR count). The minimum Gasteiger partial charge on any atom is -0.506 e. The summed E-state index contributed by atoms with van der Waals surface area (Å²) in [6.07, 6.45) is 0. The van der Waals surface area contributed by atoms with E-state index in [1.807, 2.05) is 24.3 Å². The fourth-order valence-corrected chi connectivity index (χ4v) is 4.02. The van der Waals surface area contributed by atoms with E-state index in [9.17, 15) is 15.2 Å². The van der Waals surface area contributed by atoms with Crippen molar-refractivity contribution in [1.82, 2.24) is 0 Å². The second kappa shape index (κ2) is 6.62. The third kappa shape index (κ3) is 2.88. The molecule has 3 aromatic rings. The number of benzene rings is 2. The van der Waals surface area contributed by atoms with Crippen LogP contribution in [0, 0.1) is 10.1 Å². The molecule has 0 bridgehead atoms. The van der Waals surface area contributed by atoms with E-state index < -0.39 is 4.92 Å². The van der Waals surface area contributed by atoms with E-state index >= 15 is 0 Å². The third-order valence-corrected chi connectivity index (χ3v) is 5.29. The number of thiophene rings is 1. The number of nitro benzene ring substituents is 1. The van der Waals surface area contributed by atoms with E-state index in [4.69, 9.17) is 0 Å². The highest BCUT2D eigenvalue weighted by Gasteiger charge is 2.24. The molecule has 0 aliphatic rings. The number of hydrogen-bond donors (Lipinski definition) is 2. The lowest BCUT2D eigenvalue weighted by atomic mass is 10.0. The molecule has 0 aliphatic carbocycles. The largest absolute Gasteiger partial charge is 0.506 e. The van der Waals surface area contributed by atoms with E-state index in [-0.39, 0.29) is 11.4 Å². The molecule has 2 N–H and O–H groups in total. The van der Waals surface area contributed by atoms with Crippen molar-refractivity contribution in [3.8, 4) is 27.3 Å². The first-order chi connectivity index (χ1) is 11.5. The highest BCUT2D eigenvalue weighted by molar-refractivity contribution is 9.10. The molecule has 2 aromatic carbocycles. The molecule has 0 radical (unpaired) electrons. The number of nitrogens with one attached hydrogen (secondary N) is 1. The lowest BCUT2D eigenvalue weighted by Gasteiger charge is -2.05. The van der Waals surface area contributed by atoms with Crippen LogP contribution < -0.4 is 5.32 Å². The summed E-state index contributed by atoms with van der Waals surface area (Å²) in [5, 5.41) is 25.9. The standard InChI is InChI=1S/C17H13BrN2O3S/c1-19-17-14(10-5-4-6-11(18)9-10)15(21)16(24-17)12-7-2-3-8-13(12)20(22)23/h2-9,19,21H,1H3. The Morgan fingerprint density at radius 1 is 1.21 bits per heavy atom. The second-order valence-corrected chi connectivity index (χ2v) is 6.95. The van der Waals surface area contributed by atoms with Crippen molar-refractivity contribution in [2.45, 2.75) is 0 Å². The van der Waals surface area contributed by atoms with Crippen molar-refractivity contribution < 1.29 is 10.0 Å². The number of hydrogen-bond acceptors (Lipinski definition) is 5. The molecular formula is C17H13BrN2O3S. The van der Waals surface area contributed by atoms with Crippen molar-refractivity contribution in [1.29, 1.82) is 0 Å². The molecule has 0 saturated carbocycles. The average Bonchev–Trinajstić information content (AvgIpc) is 2.91. The van der Waals surface area contributed by atoms with Crippen LogP contribution in [-0.4, -0.2) is 17.1 Å². The van der Waals surface area contributed by atoms with Gasteiger partial charge in [-0.25, -0.2) is 0 Å². The summed E-state index contributed by atoms with van der Waals surface area (Å²) in [6, 6.07) is 14.0. The number of aromatic hydroxyl groups is 1. The first kappa shape index (κ1) is 16.5. The SMILES string of the molecule is CNc1sc(-c2ccccc2[N+](=O)[O-])c(O)c1-c1cccc(Br)c1. The Balaban J connectivity index is 2.25. The Bertz CT molecular complexity index is 924. The van der Waals surface area contributed by atoms with Gasteiger partial charge in [0.05, 0.1) is 20.9 Å². The summed E-state index contributed by atoms with van der Waals surface area (Å²) in [5.74, 6) is 0.0387. The van der Waals surface area contributed by atoms with Gasteiger partial charge in [-0.3, -0.25) is 10.1 Å². The molecule has 5 nitrogen and oxygen atoms in total. The lowest BCUT2D eigenvalue weighted by Crippen LogP contribution is -1.90. The molecule has 0 unspecified atom stereocenters. The minimum absolute atomic E-state index is 0.0301. The maximum Gasteiger partial charge on any atom is 0.278 e. The third-order valence-electron chi connectivity index (χ3n) is 3.57. The zero-order chi connectivity index (χ0) is 17.3. The molecule has 24 heavy (non-hydrogen) atoms. The average molecular weight is 405 g/mol. The van der Waals surface area contributed by atoms with Gasteiger partial charge in [0, 0.05) is 17.6 Å². The smallest absolute Gasteiger partial charge is 0.278 e. The Morgan fingerprint density at radius 3 is 2.62 bits per heavy atom. The maximum atomic E-state index is 11.3. The van der Waals surface area contributed by atoms with Crippen LogP contribution in [0.2, 0.25) is 0 Å². The van der Waals surface area contributed by atoms with Gasteiger partial charge in [0.2, 0.25) is 0 Å². The second-order valence-electron chi connectivity index (χ2n) is 5.02. The van der Waals surface area contributed by atoms with Gasteiger partial charge in [0.1, 0.15) is 10.8 Å². The van der Waals surface area contributed by atoms with E-state index in [0.717, 1.165) is 15.0 Å². The van der Waals surface area contributed by atoms with Crippen LogP contribution in [-0.2, 0) is 0 Å². The molecular weight excluding hydrogens is 392 g/mol. The van der Waals surface area contributed by atoms with Gasteiger partial charge in [-0.05, 0) is 23.8 Å². The van der Waals surface area contributed by atoms with E-state index in [2.05, 4.69) is 21.2 Å². The number of nitro groups is 1. The van der Waals surface area contributed by atoms with Crippen LogP contribution in [0.4, 0.5) is 10.7 Å². The molecule has 0 atom stereocenters. The van der Waals surface area contributed by atoms with Gasteiger partial charge < -0.3 is 10.4 Å². The highest BCUT2D eigenvalue weighted by Crippen LogP contribution is 2.52. The number of halogens is 1. The van der Waals surface area contributed by atoms with Crippen LogP contribution in [0.15, 0.2) is 53.0 Å². The number of rotatable bonds is 4. The summed E-state index contributed by atoms with van der Waals surface area (Å²) in [5.41, 5.74) is 1.84. The van der Waals surface area contributed by atoms with Crippen LogP contribution in [0.25, 0.3) is 21.6 Å². The van der Waals surface area contributed by atoms with Crippen LogP contribution >= 0.6 is 27.3 Å². The zero-order valence-electron chi connectivity index (χ0n) is 12.6. The molecule has 0 fully saturated rings. The number of para-hydroxylation sites is 1. The fourth-order valence-electron chi connectivity index (χ4n) is 2.52. The normalized spacial score (nSPS) is 10.6. The lowest BCUT2D eigenvalue weighted by molar-refractivity contribution is -0.384. The first-order valence-electron chi connectivity index (χ1n) is 7.06. The molecule has 0 amide bonds. The molecule has 0 saturated heterocycles. The van der Waals surface area contributed by atoms with Crippen molar-refractivity contribution in [2.24, 2.45) is 0 Å². The van der Waals surface area contributed by atoms with Gasteiger partial charge in [0.15, 0.2) is 0 Å². The predicted octanol–water partition coefficient (Wildman–Crippen LogP) is 5.50. The molecule has 0 spiro atoms. The van der Waals surface area contributed by atoms with Crippen molar-refractivity contribution >= 4 is 38.0 Å². The highest BCUT2D eigenvalue weighted by atomic mass is 79.9. The summed E-state index contributed by atoms with van der Waals surface area (Å²) in [6.45, 7) is 0. The molecule has 7 heteroatoms. The van der Waals surface area contributed by atoms with Gasteiger partial charge in [-0.2, -0.15) is 0 Å². The zero-order valence-corrected chi connectivity index (χ0v) is 15.0. The van der Waals surface area contributed by atoms with Crippen LogP contribution in [0.3, 0.4) is 0 Å². The van der Waals surface area contributed by atoms with Gasteiger partial charge in [-0.15, -0.1) is 11.3 Å². The minimum atomic E-state index is -0.438. The number of nitrogens with zero attached hydrogens (tertiary/aromatic N) is 1. The summed E-state index contributed by atoms with van der Waals surface area (Å²) in [7, 11) is 1.76. The molecule has 122 valence electrons. The molecule has 1 aromatic heterocycles. The predicted molar refractivity (Wildman–Crippen MR) is 101 cm³/mol. The van der Waals surface area contributed by atoms with Crippen molar-refractivity contribution in [3.63, 3.8) is 0 Å². The monoisotopic (exact) mass is 404 g/mol. The summed E-state index contributed by atoms with van der Waals surface area (Å²) < 4.78 is 0.889. The van der Waals surface area contributed by atoms with Gasteiger partial charge in [0.25, 0.3) is 5.69 Å². The summed E-state index contributed by atoms with van der Waals surface area (Å²) >= 11 is 4.72. The quantitative estimate of drug-likeness (QED) is 0.444. The Morgan fingerprint density at radius 2 is 1.96 bits per heavy atom. The Kier molecular flexibility index (Phi) is 4.55. The Labute approximate surface area is 150 Å². The molecule has 1 heterocycles. The van der Waals surface area contributed by atoms with E-state index in [1.54, 1.807) is 25.2 Å². The van der Waals surface area contributed by atoms with Crippen molar-refractivity contribution in [2.75, 3.05) is 12.4 Å². The maximum absolute atomic E-state index is 11.3. The Hall–Kier alpha value is -2.38. The van der Waals surface area contributed by atoms with Gasteiger partial charge >= 0.3 is 0 Å². The van der Waals surface area contributed by atoms with Crippen LogP contribution in [0.5, 0.6) is 5.75 Å². The van der Waals surface area contributed by atoms with Gasteiger partial charge in [-0.1, -0.05) is 40.2 Å². The molecule has 0 aliphatic heterocycles. The topological polar surface area (TPSA) is 75.4 Å². The van der Waals surface area contributed by atoms with E-state index in [1.165, 1.54) is 17.4 Å². The first-order valence-corrected chi connectivity index (χ1v) is 8.67.